The molecule has 104 valence electrons. The van der Waals surface area contributed by atoms with E-state index in [1.165, 1.54) is 0 Å². The Bertz CT molecular complexity index is 610. The molecule has 4 nitrogen and oxygen atoms in total. The molecule has 1 aromatic heterocycles. The minimum Gasteiger partial charge on any atom is -0.481 e. The molecule has 4 heteroatoms. The number of carboxylic acids is 1. The molecule has 0 radical (unpaired) electrons. The lowest BCUT2D eigenvalue weighted by molar-refractivity contribution is -0.138. The number of pyridine rings is 1. The molecular weight excluding hydrogens is 254 g/mol. The third kappa shape index (κ3) is 3.15. The third-order valence-electron chi connectivity index (χ3n) is 3.27. The van der Waals surface area contributed by atoms with Gasteiger partial charge in [0.2, 0.25) is 5.88 Å². The van der Waals surface area contributed by atoms with Crippen LogP contribution in [0.1, 0.15) is 22.7 Å². The van der Waals surface area contributed by atoms with Crippen LogP contribution in [0, 0.1) is 6.92 Å². The normalized spacial score (nSPS) is 11.9. The van der Waals surface area contributed by atoms with Crippen molar-refractivity contribution in [1.82, 2.24) is 4.98 Å². The number of aliphatic carboxylic acids is 1. The summed E-state index contributed by atoms with van der Waals surface area (Å²) in [7, 11) is 1.54. The first kappa shape index (κ1) is 14.1. The number of methoxy groups -OCH3 is 1. The van der Waals surface area contributed by atoms with Gasteiger partial charge >= 0.3 is 5.97 Å². The van der Waals surface area contributed by atoms with E-state index in [2.05, 4.69) is 4.98 Å². The number of carboxylic acid groups (broad SMARTS) is 1. The zero-order valence-corrected chi connectivity index (χ0v) is 11.5. The van der Waals surface area contributed by atoms with Crippen LogP contribution >= 0.6 is 0 Å². The fourth-order valence-corrected chi connectivity index (χ4v) is 2.20. The first-order valence-corrected chi connectivity index (χ1v) is 6.40. The summed E-state index contributed by atoms with van der Waals surface area (Å²) in [5.74, 6) is -0.948. The van der Waals surface area contributed by atoms with Gasteiger partial charge in [0.05, 0.1) is 13.0 Å². The number of nitrogens with zero attached hydrogens (tertiary/aromatic N) is 1. The number of benzene rings is 1. The molecule has 2 aromatic rings. The molecule has 0 aliphatic rings. The summed E-state index contributed by atoms with van der Waals surface area (Å²) in [6.07, 6.45) is 0.345. The largest absolute Gasteiger partial charge is 0.481 e. The molecule has 0 aliphatic heterocycles. The summed E-state index contributed by atoms with van der Waals surface area (Å²) >= 11 is 0. The Morgan fingerprint density at radius 2 is 2.00 bits per heavy atom. The molecule has 0 saturated carbocycles. The van der Waals surface area contributed by atoms with Crippen molar-refractivity contribution in [2.45, 2.75) is 19.3 Å². The topological polar surface area (TPSA) is 59.4 Å². The van der Waals surface area contributed by atoms with Crippen LogP contribution in [-0.2, 0) is 11.2 Å². The van der Waals surface area contributed by atoms with E-state index >= 15 is 0 Å². The van der Waals surface area contributed by atoms with Gasteiger partial charge in [0.15, 0.2) is 0 Å². The molecule has 1 heterocycles. The highest BCUT2D eigenvalue weighted by atomic mass is 16.5. The van der Waals surface area contributed by atoms with Crippen LogP contribution in [0.5, 0.6) is 5.88 Å². The van der Waals surface area contributed by atoms with Crippen molar-refractivity contribution in [2.75, 3.05) is 7.11 Å². The Morgan fingerprint density at radius 1 is 1.25 bits per heavy atom. The predicted molar refractivity (Wildman–Crippen MR) is 76.0 cm³/mol. The molecule has 1 unspecified atom stereocenters. The van der Waals surface area contributed by atoms with Gasteiger partial charge in [0.25, 0.3) is 0 Å². The summed E-state index contributed by atoms with van der Waals surface area (Å²) in [4.78, 5) is 15.8. The van der Waals surface area contributed by atoms with Crippen molar-refractivity contribution in [2.24, 2.45) is 0 Å². The molecule has 0 bridgehead atoms. The zero-order chi connectivity index (χ0) is 14.5. The summed E-state index contributed by atoms with van der Waals surface area (Å²) in [5, 5.41) is 9.48. The Balaban J connectivity index is 2.31. The van der Waals surface area contributed by atoms with Crippen LogP contribution in [0.2, 0.25) is 0 Å². The lowest BCUT2D eigenvalue weighted by Gasteiger charge is -2.15. The van der Waals surface area contributed by atoms with Crippen molar-refractivity contribution >= 4 is 5.97 Å². The second kappa shape index (κ2) is 6.19. The van der Waals surface area contributed by atoms with E-state index in [1.807, 2.05) is 43.3 Å². The van der Waals surface area contributed by atoms with Crippen molar-refractivity contribution in [1.29, 1.82) is 0 Å². The van der Waals surface area contributed by atoms with Crippen molar-refractivity contribution in [3.8, 4) is 5.88 Å². The van der Waals surface area contributed by atoms with E-state index in [0.29, 0.717) is 18.0 Å². The highest BCUT2D eigenvalue weighted by Gasteiger charge is 2.22. The van der Waals surface area contributed by atoms with E-state index in [1.54, 1.807) is 13.2 Å². The van der Waals surface area contributed by atoms with E-state index < -0.39 is 11.9 Å². The Morgan fingerprint density at radius 3 is 2.65 bits per heavy atom. The number of aromatic nitrogens is 1. The van der Waals surface area contributed by atoms with Gasteiger partial charge < -0.3 is 9.84 Å². The average molecular weight is 271 g/mol. The van der Waals surface area contributed by atoms with Gasteiger partial charge in [0, 0.05) is 18.2 Å². The van der Waals surface area contributed by atoms with Gasteiger partial charge in [-0.15, -0.1) is 0 Å². The quantitative estimate of drug-likeness (QED) is 0.908. The highest BCUT2D eigenvalue weighted by Crippen LogP contribution is 2.24. The Kier molecular flexibility index (Phi) is 4.35. The number of ether oxygens (including phenoxy) is 1. The molecule has 2 rings (SSSR count). The van der Waals surface area contributed by atoms with Crippen molar-refractivity contribution in [3.63, 3.8) is 0 Å². The average Bonchev–Trinajstić information content (AvgIpc) is 2.45. The standard InChI is InChI=1S/C16H17NO3/c1-11-6-3-4-8-13(11)14(16(18)19)10-12-7-5-9-15(17-12)20-2/h3-9,14H,10H2,1-2H3,(H,18,19). The zero-order valence-electron chi connectivity index (χ0n) is 11.5. The molecule has 0 fully saturated rings. The van der Waals surface area contributed by atoms with Crippen LogP contribution < -0.4 is 4.74 Å². The van der Waals surface area contributed by atoms with Gasteiger partial charge in [0.1, 0.15) is 0 Å². The molecule has 0 amide bonds. The van der Waals surface area contributed by atoms with Crippen molar-refractivity contribution < 1.29 is 14.6 Å². The SMILES string of the molecule is COc1cccc(CC(C(=O)O)c2ccccc2C)n1. The summed E-state index contributed by atoms with van der Waals surface area (Å²) in [6, 6.07) is 12.9. The fraction of sp³-hybridized carbons (Fsp3) is 0.250. The Hall–Kier alpha value is -2.36. The third-order valence-corrected chi connectivity index (χ3v) is 3.27. The van der Waals surface area contributed by atoms with Crippen LogP contribution in [0.4, 0.5) is 0 Å². The first-order chi connectivity index (χ1) is 9.61. The molecule has 0 spiro atoms. The number of hydrogen-bond donors (Lipinski definition) is 1. The molecule has 0 saturated heterocycles. The van der Waals surface area contributed by atoms with E-state index in [0.717, 1.165) is 11.1 Å². The molecule has 1 aromatic carbocycles. The maximum atomic E-state index is 11.6. The van der Waals surface area contributed by atoms with Gasteiger partial charge in [-0.3, -0.25) is 4.79 Å². The maximum Gasteiger partial charge on any atom is 0.311 e. The number of rotatable bonds is 5. The molecule has 1 atom stereocenters. The fourth-order valence-electron chi connectivity index (χ4n) is 2.20. The predicted octanol–water partition coefficient (Wildman–Crippen LogP) is 2.81. The Labute approximate surface area is 118 Å². The lowest BCUT2D eigenvalue weighted by atomic mass is 9.91. The molecule has 0 aliphatic carbocycles. The number of hydrogen-bond acceptors (Lipinski definition) is 3. The second-order valence-corrected chi connectivity index (χ2v) is 4.62. The molecule has 20 heavy (non-hydrogen) atoms. The van der Waals surface area contributed by atoms with Gasteiger partial charge in [-0.1, -0.05) is 30.3 Å². The molecular formula is C16H17NO3. The van der Waals surface area contributed by atoms with E-state index in [9.17, 15) is 9.90 Å². The maximum absolute atomic E-state index is 11.6. The van der Waals surface area contributed by atoms with Crippen LogP contribution in [0.3, 0.4) is 0 Å². The highest BCUT2D eigenvalue weighted by molar-refractivity contribution is 5.77. The van der Waals surface area contributed by atoms with Crippen LogP contribution in [0.25, 0.3) is 0 Å². The van der Waals surface area contributed by atoms with Crippen LogP contribution in [0.15, 0.2) is 42.5 Å². The smallest absolute Gasteiger partial charge is 0.311 e. The van der Waals surface area contributed by atoms with E-state index in [4.69, 9.17) is 4.74 Å². The van der Waals surface area contributed by atoms with Gasteiger partial charge in [-0.2, -0.15) is 0 Å². The van der Waals surface area contributed by atoms with Crippen LogP contribution in [-0.4, -0.2) is 23.2 Å². The minimum atomic E-state index is -0.844. The number of aryl methyl sites for hydroxylation is 1. The minimum absolute atomic E-state index is 0.345. The molecule has 1 N–H and O–H groups in total. The summed E-state index contributed by atoms with van der Waals surface area (Å²) in [6.45, 7) is 1.92. The monoisotopic (exact) mass is 271 g/mol. The van der Waals surface area contributed by atoms with Gasteiger partial charge in [-0.05, 0) is 24.1 Å². The summed E-state index contributed by atoms with van der Waals surface area (Å²) in [5.41, 5.74) is 2.51. The summed E-state index contributed by atoms with van der Waals surface area (Å²) < 4.78 is 5.07. The lowest BCUT2D eigenvalue weighted by Crippen LogP contribution is -2.16. The van der Waals surface area contributed by atoms with E-state index in [-0.39, 0.29) is 0 Å². The first-order valence-electron chi connectivity index (χ1n) is 6.40. The van der Waals surface area contributed by atoms with Gasteiger partial charge in [-0.25, -0.2) is 4.98 Å². The number of carbonyl (C=O) groups is 1. The second-order valence-electron chi connectivity index (χ2n) is 4.62. The van der Waals surface area contributed by atoms with Crippen molar-refractivity contribution in [3.05, 3.63) is 59.3 Å².